The highest BCUT2D eigenvalue weighted by atomic mass is 15.0. The molecule has 3 saturated carbocycles. The van der Waals surface area contributed by atoms with Gasteiger partial charge in [0.25, 0.3) is 0 Å². The molecule has 0 aromatic rings. The van der Waals surface area contributed by atoms with Crippen molar-refractivity contribution >= 4 is 0 Å². The van der Waals surface area contributed by atoms with E-state index in [2.05, 4.69) is 50.6 Å². The molecule has 6 aliphatic rings. The average Bonchev–Trinajstić information content (AvgIpc) is 3.04. The molecular formula is C41H91N3. The Balaban J connectivity index is -0.000000478. The Morgan fingerprint density at radius 2 is 0.614 bits per heavy atom. The molecule has 3 heterocycles. The van der Waals surface area contributed by atoms with Crippen molar-refractivity contribution in [2.75, 3.05) is 19.6 Å². The summed E-state index contributed by atoms with van der Waals surface area (Å²) in [5.74, 6) is 2.92. The molecule has 270 valence electrons. The lowest BCUT2D eigenvalue weighted by Gasteiger charge is -2.47. The molecule has 3 N–H and O–H groups in total. The van der Waals surface area contributed by atoms with E-state index >= 15 is 0 Å². The lowest BCUT2D eigenvalue weighted by Crippen LogP contribution is -2.55. The number of rotatable bonds is 1. The van der Waals surface area contributed by atoms with Gasteiger partial charge >= 0.3 is 0 Å². The first kappa shape index (κ1) is 48.3. The summed E-state index contributed by atoms with van der Waals surface area (Å²) in [6.45, 7) is 35.3. The Hall–Kier alpha value is -0.120. The quantitative estimate of drug-likeness (QED) is 0.271. The summed E-state index contributed by atoms with van der Waals surface area (Å²) >= 11 is 0. The summed E-state index contributed by atoms with van der Waals surface area (Å²) in [5.41, 5.74) is 1.87. The van der Waals surface area contributed by atoms with Crippen molar-refractivity contribution < 1.29 is 0 Å². The molecule has 6 rings (SSSR count). The first-order valence-corrected chi connectivity index (χ1v) is 20.6. The molecule has 0 aromatic carbocycles. The van der Waals surface area contributed by atoms with Crippen molar-refractivity contribution in [3.8, 4) is 0 Å². The Morgan fingerprint density at radius 3 is 0.705 bits per heavy atom. The van der Waals surface area contributed by atoms with Gasteiger partial charge in [0.2, 0.25) is 0 Å². The second-order valence-electron chi connectivity index (χ2n) is 13.5. The molecule has 0 amide bonds. The van der Waals surface area contributed by atoms with Crippen LogP contribution < -0.4 is 16.0 Å². The maximum atomic E-state index is 3.66. The van der Waals surface area contributed by atoms with Gasteiger partial charge in [-0.25, -0.2) is 0 Å². The fourth-order valence-corrected chi connectivity index (χ4v) is 7.23. The fourth-order valence-electron chi connectivity index (χ4n) is 7.23. The van der Waals surface area contributed by atoms with Gasteiger partial charge in [0, 0.05) is 16.6 Å². The molecular weight excluding hydrogens is 534 g/mol. The Kier molecular flexibility index (Phi) is 33.2. The zero-order chi connectivity index (χ0) is 34.5. The largest absolute Gasteiger partial charge is 0.311 e. The molecule has 3 nitrogen and oxygen atoms in total. The SMILES string of the molecule is CC.CC.CC.CC.CC.CC1CCNC2(CCC2)C1.CCCC.C[C@@H]1CCNC2(CCC2)C1.C[C@H]1CCNC2(CCC2)C1. The van der Waals surface area contributed by atoms with Gasteiger partial charge in [-0.05, 0) is 134 Å². The van der Waals surface area contributed by atoms with Crippen LogP contribution in [0.1, 0.15) is 213 Å². The second-order valence-corrected chi connectivity index (χ2v) is 13.5. The van der Waals surface area contributed by atoms with Crippen molar-refractivity contribution in [2.24, 2.45) is 17.8 Å². The summed E-state index contributed by atoms with van der Waals surface area (Å²) in [5, 5.41) is 11.0. The van der Waals surface area contributed by atoms with E-state index in [1.165, 1.54) is 129 Å². The topological polar surface area (TPSA) is 36.1 Å². The third-order valence-corrected chi connectivity index (χ3v) is 10.1. The molecule has 3 atom stereocenters. The summed E-state index contributed by atoms with van der Waals surface area (Å²) in [4.78, 5) is 0. The van der Waals surface area contributed by atoms with Crippen molar-refractivity contribution in [3.63, 3.8) is 0 Å². The first-order chi connectivity index (χ1) is 21.3. The van der Waals surface area contributed by atoms with Crippen LogP contribution in [0.4, 0.5) is 0 Å². The van der Waals surface area contributed by atoms with Gasteiger partial charge in [0.1, 0.15) is 0 Å². The van der Waals surface area contributed by atoms with Gasteiger partial charge in [0.05, 0.1) is 0 Å². The molecule has 0 radical (unpaired) electrons. The van der Waals surface area contributed by atoms with E-state index in [1.54, 1.807) is 0 Å². The van der Waals surface area contributed by atoms with E-state index in [0.29, 0.717) is 16.6 Å². The van der Waals surface area contributed by atoms with Crippen molar-refractivity contribution in [3.05, 3.63) is 0 Å². The van der Waals surface area contributed by atoms with E-state index in [4.69, 9.17) is 0 Å². The Bertz CT molecular complexity index is 484. The molecule has 3 aliphatic heterocycles. The number of piperidine rings is 3. The minimum absolute atomic E-state index is 0.623. The van der Waals surface area contributed by atoms with Gasteiger partial charge in [0.15, 0.2) is 0 Å². The van der Waals surface area contributed by atoms with Crippen LogP contribution in [0.15, 0.2) is 0 Å². The van der Waals surface area contributed by atoms with Crippen LogP contribution in [-0.2, 0) is 0 Å². The minimum Gasteiger partial charge on any atom is -0.311 e. The smallest absolute Gasteiger partial charge is 0.0184 e. The van der Waals surface area contributed by atoms with Crippen LogP contribution in [0.5, 0.6) is 0 Å². The van der Waals surface area contributed by atoms with Gasteiger partial charge < -0.3 is 16.0 Å². The maximum absolute atomic E-state index is 3.66. The molecule has 3 aliphatic carbocycles. The molecule has 44 heavy (non-hydrogen) atoms. The normalized spacial score (nSPS) is 26.9. The number of unbranched alkanes of at least 4 members (excludes halogenated alkanes) is 1. The van der Waals surface area contributed by atoms with Crippen LogP contribution in [-0.4, -0.2) is 36.3 Å². The third kappa shape index (κ3) is 18.9. The number of hydrogen-bond acceptors (Lipinski definition) is 3. The summed E-state index contributed by atoms with van der Waals surface area (Å²) < 4.78 is 0. The minimum atomic E-state index is 0.623. The molecule has 6 fully saturated rings. The average molecular weight is 626 g/mol. The van der Waals surface area contributed by atoms with Crippen molar-refractivity contribution in [1.29, 1.82) is 0 Å². The van der Waals surface area contributed by atoms with Crippen LogP contribution in [0, 0.1) is 17.8 Å². The summed E-state index contributed by atoms with van der Waals surface area (Å²) in [6.07, 6.45) is 24.1. The Labute approximate surface area is 282 Å². The molecule has 3 spiro atoms. The van der Waals surface area contributed by atoms with E-state index < -0.39 is 0 Å². The molecule has 1 unspecified atom stereocenters. The molecule has 0 bridgehead atoms. The van der Waals surface area contributed by atoms with E-state index in [1.807, 2.05) is 69.2 Å². The van der Waals surface area contributed by atoms with Gasteiger partial charge in [-0.1, -0.05) is 117 Å². The third-order valence-electron chi connectivity index (χ3n) is 10.1. The predicted molar refractivity (Wildman–Crippen MR) is 206 cm³/mol. The van der Waals surface area contributed by atoms with Crippen LogP contribution in [0.3, 0.4) is 0 Å². The zero-order valence-electron chi connectivity index (χ0n) is 33.9. The van der Waals surface area contributed by atoms with Crippen LogP contribution in [0.25, 0.3) is 0 Å². The predicted octanol–water partition coefficient (Wildman–Crippen LogP) is 12.7. The standard InChI is InChI=1S/3C9H17N.C4H10.5C2H6/c3*1-8-3-6-10-9(7-8)4-2-5-9;1-3-4-2;5*1-2/h3*8,10H,2-7H2,1H3;3-4H2,1-2H3;5*1-2H3/t2*8-;;;;;;;/m10......./s1. The monoisotopic (exact) mass is 626 g/mol. The molecule has 3 heteroatoms. The van der Waals surface area contributed by atoms with Crippen molar-refractivity contribution in [1.82, 2.24) is 16.0 Å². The zero-order valence-corrected chi connectivity index (χ0v) is 33.9. The first-order valence-electron chi connectivity index (χ1n) is 20.6. The number of hydrogen-bond donors (Lipinski definition) is 3. The highest BCUT2D eigenvalue weighted by molar-refractivity contribution is 5.00. The summed E-state index contributed by atoms with van der Waals surface area (Å²) in [7, 11) is 0. The van der Waals surface area contributed by atoms with E-state index in [9.17, 15) is 0 Å². The highest BCUT2D eigenvalue weighted by Gasteiger charge is 2.41. The highest BCUT2D eigenvalue weighted by Crippen LogP contribution is 2.41. The van der Waals surface area contributed by atoms with Gasteiger partial charge in [-0.2, -0.15) is 0 Å². The maximum Gasteiger partial charge on any atom is 0.0184 e. The fraction of sp³-hybridized carbons (Fsp3) is 1.00. The lowest BCUT2D eigenvalue weighted by atomic mass is 9.69. The van der Waals surface area contributed by atoms with Crippen molar-refractivity contribution in [2.45, 2.75) is 230 Å². The summed E-state index contributed by atoms with van der Waals surface area (Å²) in [6, 6.07) is 0. The van der Waals surface area contributed by atoms with Gasteiger partial charge in [-0.15, -0.1) is 0 Å². The number of nitrogens with one attached hydrogen (secondary N) is 3. The van der Waals surface area contributed by atoms with E-state index in [-0.39, 0.29) is 0 Å². The van der Waals surface area contributed by atoms with Gasteiger partial charge in [-0.3, -0.25) is 0 Å². The van der Waals surface area contributed by atoms with Crippen LogP contribution in [0.2, 0.25) is 0 Å². The molecule has 3 saturated heterocycles. The van der Waals surface area contributed by atoms with Crippen LogP contribution >= 0.6 is 0 Å². The molecule has 0 aromatic heterocycles. The Morgan fingerprint density at radius 1 is 0.409 bits per heavy atom. The van der Waals surface area contributed by atoms with E-state index in [0.717, 1.165) is 17.8 Å². The lowest BCUT2D eigenvalue weighted by molar-refractivity contribution is 0.113. The second kappa shape index (κ2) is 30.2.